The Hall–Kier alpha value is -3.33. The number of thioether (sulfide) groups is 1. The standard InChI is InChI=1S/C23H25N5O3S/c1-17-3-8-21(18(2)15-17)27-10-9-24-23(27)32-16-22(29)26-13-11-25(12-14-26)19-4-6-20(7-5-19)28(30)31/h3-10,15H,11-14,16H2,1-2H3. The van der Waals surface area contributed by atoms with Gasteiger partial charge in [0.25, 0.3) is 5.69 Å². The van der Waals surface area contributed by atoms with Crippen LogP contribution in [0.1, 0.15) is 11.1 Å². The fraction of sp³-hybridized carbons (Fsp3) is 0.304. The number of nitro groups is 1. The maximum atomic E-state index is 12.8. The molecule has 0 spiro atoms. The van der Waals surface area contributed by atoms with Crippen LogP contribution in [0.2, 0.25) is 0 Å². The molecule has 3 aromatic rings. The lowest BCUT2D eigenvalue weighted by Gasteiger charge is -2.36. The van der Waals surface area contributed by atoms with Crippen LogP contribution in [-0.4, -0.2) is 57.2 Å². The van der Waals surface area contributed by atoms with Crippen molar-refractivity contribution < 1.29 is 9.72 Å². The van der Waals surface area contributed by atoms with E-state index in [0.29, 0.717) is 31.9 Å². The van der Waals surface area contributed by atoms with Crippen molar-refractivity contribution in [1.82, 2.24) is 14.5 Å². The predicted octanol–water partition coefficient (Wildman–Crippen LogP) is 3.84. The van der Waals surface area contributed by atoms with Crippen LogP contribution in [0, 0.1) is 24.0 Å². The number of carbonyl (C=O) groups is 1. The molecule has 0 saturated carbocycles. The molecule has 0 atom stereocenters. The Bertz CT molecular complexity index is 1120. The summed E-state index contributed by atoms with van der Waals surface area (Å²) in [4.78, 5) is 31.7. The number of nitro benzene ring substituents is 1. The number of non-ortho nitro benzene ring substituents is 1. The average molecular weight is 452 g/mol. The Morgan fingerprint density at radius 2 is 1.81 bits per heavy atom. The van der Waals surface area contributed by atoms with Gasteiger partial charge in [-0.1, -0.05) is 29.5 Å². The molecule has 1 aliphatic rings. The zero-order valence-corrected chi connectivity index (χ0v) is 18.9. The highest BCUT2D eigenvalue weighted by molar-refractivity contribution is 7.99. The molecule has 8 nitrogen and oxygen atoms in total. The molecule has 1 saturated heterocycles. The van der Waals surface area contributed by atoms with Gasteiger partial charge in [0.2, 0.25) is 5.91 Å². The summed E-state index contributed by atoms with van der Waals surface area (Å²) in [5.74, 6) is 0.424. The quantitative estimate of drug-likeness (QED) is 0.322. The molecule has 1 amide bonds. The van der Waals surface area contributed by atoms with Gasteiger partial charge >= 0.3 is 0 Å². The van der Waals surface area contributed by atoms with Crippen molar-refractivity contribution in [2.24, 2.45) is 0 Å². The van der Waals surface area contributed by atoms with Crippen molar-refractivity contribution in [2.45, 2.75) is 19.0 Å². The summed E-state index contributed by atoms with van der Waals surface area (Å²) in [6.45, 7) is 6.80. The van der Waals surface area contributed by atoms with Crippen LogP contribution in [0.5, 0.6) is 0 Å². The number of imidazole rings is 1. The number of rotatable bonds is 6. The molecule has 1 fully saturated rings. The van der Waals surface area contributed by atoms with Crippen molar-refractivity contribution in [2.75, 3.05) is 36.8 Å². The summed E-state index contributed by atoms with van der Waals surface area (Å²) in [6, 6.07) is 12.8. The Morgan fingerprint density at radius 3 is 2.47 bits per heavy atom. The van der Waals surface area contributed by atoms with Gasteiger partial charge in [0.05, 0.1) is 16.4 Å². The number of benzene rings is 2. The minimum atomic E-state index is -0.399. The third-order valence-electron chi connectivity index (χ3n) is 5.60. The number of anilines is 1. The van der Waals surface area contributed by atoms with Gasteiger partial charge in [0, 0.05) is 56.4 Å². The number of nitrogens with zero attached hydrogens (tertiary/aromatic N) is 5. The van der Waals surface area contributed by atoms with Gasteiger partial charge in [-0.3, -0.25) is 19.5 Å². The van der Waals surface area contributed by atoms with E-state index in [1.54, 1.807) is 18.3 Å². The van der Waals surface area contributed by atoms with Gasteiger partial charge in [-0.15, -0.1) is 0 Å². The van der Waals surface area contributed by atoms with Gasteiger partial charge in [0.15, 0.2) is 5.16 Å². The molecule has 1 aliphatic heterocycles. The number of aryl methyl sites for hydroxylation is 2. The summed E-state index contributed by atoms with van der Waals surface area (Å²) in [5.41, 5.74) is 4.47. The van der Waals surface area contributed by atoms with E-state index in [1.165, 1.54) is 35.0 Å². The van der Waals surface area contributed by atoms with E-state index in [9.17, 15) is 14.9 Å². The van der Waals surface area contributed by atoms with E-state index in [2.05, 4.69) is 41.9 Å². The molecule has 9 heteroatoms. The predicted molar refractivity (Wildman–Crippen MR) is 126 cm³/mol. The second-order valence-corrected chi connectivity index (χ2v) is 8.74. The average Bonchev–Trinajstić information content (AvgIpc) is 3.26. The van der Waals surface area contributed by atoms with E-state index in [0.717, 1.165) is 16.5 Å². The highest BCUT2D eigenvalue weighted by atomic mass is 32.2. The highest BCUT2D eigenvalue weighted by Crippen LogP contribution is 2.25. The number of amides is 1. The van der Waals surface area contributed by atoms with Gasteiger partial charge in [-0.2, -0.15) is 0 Å². The van der Waals surface area contributed by atoms with Gasteiger partial charge in [-0.05, 0) is 37.6 Å². The van der Waals surface area contributed by atoms with E-state index < -0.39 is 4.92 Å². The zero-order valence-electron chi connectivity index (χ0n) is 18.1. The zero-order chi connectivity index (χ0) is 22.7. The monoisotopic (exact) mass is 451 g/mol. The first-order valence-electron chi connectivity index (χ1n) is 10.4. The number of carbonyl (C=O) groups excluding carboxylic acids is 1. The van der Waals surface area contributed by atoms with Crippen molar-refractivity contribution in [3.63, 3.8) is 0 Å². The van der Waals surface area contributed by atoms with Gasteiger partial charge in [0.1, 0.15) is 0 Å². The Morgan fingerprint density at radius 1 is 1.09 bits per heavy atom. The van der Waals surface area contributed by atoms with E-state index in [4.69, 9.17) is 0 Å². The summed E-state index contributed by atoms with van der Waals surface area (Å²) >= 11 is 1.45. The molecule has 2 aromatic carbocycles. The normalized spacial score (nSPS) is 13.9. The second-order valence-electron chi connectivity index (χ2n) is 7.80. The molecular weight excluding hydrogens is 426 g/mol. The third kappa shape index (κ3) is 4.77. The number of aromatic nitrogens is 2. The minimum absolute atomic E-state index is 0.0822. The van der Waals surface area contributed by atoms with Crippen LogP contribution in [-0.2, 0) is 4.79 Å². The molecule has 4 rings (SSSR count). The van der Waals surface area contributed by atoms with Crippen LogP contribution < -0.4 is 4.90 Å². The van der Waals surface area contributed by atoms with Crippen molar-refractivity contribution >= 4 is 29.0 Å². The largest absolute Gasteiger partial charge is 0.368 e. The van der Waals surface area contributed by atoms with Gasteiger partial charge in [-0.25, -0.2) is 4.98 Å². The summed E-state index contributed by atoms with van der Waals surface area (Å²) in [6.07, 6.45) is 3.68. The van der Waals surface area contributed by atoms with Crippen molar-refractivity contribution in [3.05, 3.63) is 76.1 Å². The number of hydrogen-bond acceptors (Lipinski definition) is 6. The second kappa shape index (κ2) is 9.44. The lowest BCUT2D eigenvalue weighted by atomic mass is 10.1. The fourth-order valence-electron chi connectivity index (χ4n) is 3.87. The molecule has 0 bridgehead atoms. The third-order valence-corrected chi connectivity index (χ3v) is 6.55. The highest BCUT2D eigenvalue weighted by Gasteiger charge is 2.22. The first-order chi connectivity index (χ1) is 15.4. The maximum Gasteiger partial charge on any atom is 0.269 e. The lowest BCUT2D eigenvalue weighted by Crippen LogP contribution is -2.49. The van der Waals surface area contributed by atoms with Crippen LogP contribution in [0.25, 0.3) is 5.69 Å². The maximum absolute atomic E-state index is 12.8. The molecular formula is C23H25N5O3S. The lowest BCUT2D eigenvalue weighted by molar-refractivity contribution is -0.384. The topological polar surface area (TPSA) is 84.5 Å². The first-order valence-corrected chi connectivity index (χ1v) is 11.4. The summed E-state index contributed by atoms with van der Waals surface area (Å²) in [5, 5.41) is 11.6. The Balaban J connectivity index is 1.32. The van der Waals surface area contributed by atoms with E-state index in [1.807, 2.05) is 15.7 Å². The summed E-state index contributed by atoms with van der Waals surface area (Å²) < 4.78 is 2.03. The fourth-order valence-corrected chi connectivity index (χ4v) is 4.74. The molecule has 166 valence electrons. The number of hydrogen-bond donors (Lipinski definition) is 0. The van der Waals surface area contributed by atoms with Crippen LogP contribution >= 0.6 is 11.8 Å². The minimum Gasteiger partial charge on any atom is -0.368 e. The van der Waals surface area contributed by atoms with Crippen LogP contribution in [0.3, 0.4) is 0 Å². The molecule has 2 heterocycles. The smallest absolute Gasteiger partial charge is 0.269 e. The van der Waals surface area contributed by atoms with Crippen LogP contribution in [0.4, 0.5) is 11.4 Å². The molecule has 0 N–H and O–H groups in total. The summed E-state index contributed by atoms with van der Waals surface area (Å²) in [7, 11) is 0. The Kier molecular flexibility index (Phi) is 6.45. The molecule has 0 unspecified atom stereocenters. The van der Waals surface area contributed by atoms with Crippen LogP contribution in [0.15, 0.2) is 60.0 Å². The van der Waals surface area contributed by atoms with E-state index >= 15 is 0 Å². The Labute approximate surface area is 191 Å². The van der Waals surface area contributed by atoms with Crippen molar-refractivity contribution in [3.8, 4) is 5.69 Å². The molecule has 0 radical (unpaired) electrons. The first kappa shape index (κ1) is 21.9. The molecule has 0 aliphatic carbocycles. The molecule has 32 heavy (non-hydrogen) atoms. The molecule has 1 aromatic heterocycles. The SMILES string of the molecule is Cc1ccc(-n2ccnc2SCC(=O)N2CCN(c3ccc([N+](=O)[O-])cc3)CC2)c(C)c1. The van der Waals surface area contributed by atoms with Gasteiger partial charge < -0.3 is 9.80 Å². The number of piperazine rings is 1. The van der Waals surface area contributed by atoms with Crippen molar-refractivity contribution in [1.29, 1.82) is 0 Å². The van der Waals surface area contributed by atoms with E-state index in [-0.39, 0.29) is 11.6 Å².